The number of likely N-dealkylation sites (tertiary alicyclic amines) is 1. The number of esters is 1. The van der Waals surface area contributed by atoms with Gasteiger partial charge in [-0.2, -0.15) is 11.8 Å². The van der Waals surface area contributed by atoms with E-state index in [1.807, 2.05) is 19.2 Å². The average molecular weight is 279 g/mol. The van der Waals surface area contributed by atoms with Crippen LogP contribution in [0.5, 0.6) is 0 Å². The van der Waals surface area contributed by atoms with Crippen LogP contribution in [0.3, 0.4) is 0 Å². The quantitative estimate of drug-likeness (QED) is 0.775. The van der Waals surface area contributed by atoms with Crippen LogP contribution < -0.4 is 0 Å². The van der Waals surface area contributed by atoms with Crippen LogP contribution in [0.4, 0.5) is 0 Å². The van der Waals surface area contributed by atoms with Gasteiger partial charge in [0.05, 0.1) is 5.25 Å². The standard InChI is InChI=1S/C15H21NO2S/c1-12(19-2)15(17)18-14-8-9-16(11-14)10-13-6-4-3-5-7-13/h3-7,12,14H,8-11H2,1-2H3/t12?,14-/m0/s1. The van der Waals surface area contributed by atoms with Crippen LogP contribution in [-0.2, 0) is 16.1 Å². The molecule has 0 radical (unpaired) electrons. The van der Waals surface area contributed by atoms with Gasteiger partial charge in [0, 0.05) is 19.6 Å². The number of hydrogen-bond donors (Lipinski definition) is 0. The highest BCUT2D eigenvalue weighted by Gasteiger charge is 2.27. The Kier molecular flexibility index (Phi) is 5.28. The first-order valence-electron chi connectivity index (χ1n) is 6.68. The molecule has 0 amide bonds. The lowest BCUT2D eigenvalue weighted by Crippen LogP contribution is -2.27. The van der Waals surface area contributed by atoms with Gasteiger partial charge < -0.3 is 4.74 Å². The second-order valence-corrected chi connectivity index (χ2v) is 6.12. The summed E-state index contributed by atoms with van der Waals surface area (Å²) >= 11 is 1.53. The van der Waals surface area contributed by atoms with Gasteiger partial charge in [0.25, 0.3) is 0 Å². The lowest BCUT2D eigenvalue weighted by Gasteiger charge is -2.17. The molecular formula is C15H21NO2S. The maximum Gasteiger partial charge on any atom is 0.319 e. The molecule has 1 aromatic carbocycles. The molecule has 104 valence electrons. The normalized spacial score (nSPS) is 21.3. The van der Waals surface area contributed by atoms with Crippen LogP contribution in [0.25, 0.3) is 0 Å². The van der Waals surface area contributed by atoms with Crippen LogP contribution in [0.15, 0.2) is 30.3 Å². The van der Waals surface area contributed by atoms with E-state index in [4.69, 9.17) is 4.74 Å². The Morgan fingerprint density at radius 1 is 1.47 bits per heavy atom. The molecule has 1 unspecified atom stereocenters. The molecule has 1 aliphatic rings. The summed E-state index contributed by atoms with van der Waals surface area (Å²) in [5, 5.41) is -0.0665. The first-order valence-corrected chi connectivity index (χ1v) is 7.97. The zero-order valence-corrected chi connectivity index (χ0v) is 12.4. The molecule has 0 aromatic heterocycles. The number of rotatable bonds is 5. The third kappa shape index (κ3) is 4.25. The van der Waals surface area contributed by atoms with Gasteiger partial charge in [-0.25, -0.2) is 0 Å². The maximum atomic E-state index is 11.7. The van der Waals surface area contributed by atoms with E-state index in [2.05, 4.69) is 29.2 Å². The molecule has 1 saturated heterocycles. The summed E-state index contributed by atoms with van der Waals surface area (Å²) in [7, 11) is 0. The van der Waals surface area contributed by atoms with Gasteiger partial charge in [-0.1, -0.05) is 30.3 Å². The zero-order valence-electron chi connectivity index (χ0n) is 11.5. The molecular weight excluding hydrogens is 258 g/mol. The predicted octanol–water partition coefficient (Wildman–Crippen LogP) is 2.56. The Hall–Kier alpha value is -1.00. The molecule has 0 N–H and O–H groups in total. The molecule has 2 rings (SSSR count). The first-order chi connectivity index (χ1) is 9.19. The van der Waals surface area contributed by atoms with Crippen LogP contribution in [0, 0.1) is 0 Å². The summed E-state index contributed by atoms with van der Waals surface area (Å²) in [5.41, 5.74) is 1.31. The number of nitrogens with zero attached hydrogens (tertiary/aromatic N) is 1. The third-order valence-electron chi connectivity index (χ3n) is 3.45. The second-order valence-electron chi connectivity index (χ2n) is 4.95. The summed E-state index contributed by atoms with van der Waals surface area (Å²) in [6.45, 7) is 4.68. The van der Waals surface area contributed by atoms with E-state index >= 15 is 0 Å². The number of hydrogen-bond acceptors (Lipinski definition) is 4. The summed E-state index contributed by atoms with van der Waals surface area (Å²) < 4.78 is 5.53. The van der Waals surface area contributed by atoms with Gasteiger partial charge in [0.2, 0.25) is 0 Å². The molecule has 2 atom stereocenters. The Labute approximate surface area is 119 Å². The molecule has 1 aliphatic heterocycles. The van der Waals surface area contributed by atoms with Crippen LogP contribution in [0.1, 0.15) is 18.9 Å². The minimum atomic E-state index is -0.0842. The average Bonchev–Trinajstić information content (AvgIpc) is 2.86. The van der Waals surface area contributed by atoms with E-state index in [9.17, 15) is 4.79 Å². The molecule has 0 saturated carbocycles. The number of ether oxygens (including phenoxy) is 1. The maximum absolute atomic E-state index is 11.7. The highest BCUT2D eigenvalue weighted by Crippen LogP contribution is 2.18. The van der Waals surface area contributed by atoms with Crippen molar-refractivity contribution in [3.05, 3.63) is 35.9 Å². The fourth-order valence-corrected chi connectivity index (χ4v) is 2.48. The van der Waals surface area contributed by atoms with Crippen LogP contribution in [0.2, 0.25) is 0 Å². The summed E-state index contributed by atoms with van der Waals surface area (Å²) in [6, 6.07) is 10.4. The minimum absolute atomic E-state index is 0.0609. The van der Waals surface area contributed by atoms with Gasteiger partial charge in [0.15, 0.2) is 0 Å². The molecule has 3 nitrogen and oxygen atoms in total. The van der Waals surface area contributed by atoms with E-state index in [0.29, 0.717) is 0 Å². The molecule has 0 aliphatic carbocycles. The third-order valence-corrected chi connectivity index (χ3v) is 4.35. The van der Waals surface area contributed by atoms with E-state index < -0.39 is 0 Å². The van der Waals surface area contributed by atoms with Crippen molar-refractivity contribution in [1.29, 1.82) is 0 Å². The van der Waals surface area contributed by atoms with E-state index in [1.54, 1.807) is 0 Å². The molecule has 1 heterocycles. The SMILES string of the molecule is CSC(C)C(=O)O[C@H]1CCN(Cc2ccccc2)C1. The molecule has 1 aromatic rings. The molecule has 0 spiro atoms. The predicted molar refractivity (Wildman–Crippen MR) is 79.2 cm³/mol. The van der Waals surface area contributed by atoms with Crippen molar-refractivity contribution in [2.24, 2.45) is 0 Å². The number of benzene rings is 1. The first kappa shape index (κ1) is 14.4. The lowest BCUT2D eigenvalue weighted by atomic mass is 10.2. The van der Waals surface area contributed by atoms with Crippen molar-refractivity contribution in [1.82, 2.24) is 4.90 Å². The van der Waals surface area contributed by atoms with E-state index in [-0.39, 0.29) is 17.3 Å². The molecule has 19 heavy (non-hydrogen) atoms. The largest absolute Gasteiger partial charge is 0.460 e. The summed E-state index contributed by atoms with van der Waals surface area (Å²) in [6.07, 6.45) is 2.94. The van der Waals surface area contributed by atoms with Crippen molar-refractivity contribution in [3.8, 4) is 0 Å². The fraction of sp³-hybridized carbons (Fsp3) is 0.533. The number of carbonyl (C=O) groups is 1. The smallest absolute Gasteiger partial charge is 0.319 e. The van der Waals surface area contributed by atoms with Crippen LogP contribution in [-0.4, -0.2) is 41.6 Å². The van der Waals surface area contributed by atoms with Gasteiger partial charge in [0.1, 0.15) is 6.10 Å². The molecule has 0 bridgehead atoms. The Morgan fingerprint density at radius 2 is 2.21 bits per heavy atom. The van der Waals surface area contributed by atoms with Crippen molar-refractivity contribution in [2.75, 3.05) is 19.3 Å². The van der Waals surface area contributed by atoms with Gasteiger partial charge in [-0.05, 0) is 25.2 Å². The van der Waals surface area contributed by atoms with Gasteiger partial charge in [-0.3, -0.25) is 9.69 Å². The minimum Gasteiger partial charge on any atom is -0.460 e. The highest BCUT2D eigenvalue weighted by molar-refractivity contribution is 7.99. The monoisotopic (exact) mass is 279 g/mol. The van der Waals surface area contributed by atoms with E-state index in [1.165, 1.54) is 17.3 Å². The van der Waals surface area contributed by atoms with E-state index in [0.717, 1.165) is 26.1 Å². The van der Waals surface area contributed by atoms with Crippen LogP contribution >= 0.6 is 11.8 Å². The van der Waals surface area contributed by atoms with Gasteiger partial charge in [-0.15, -0.1) is 0 Å². The fourth-order valence-electron chi connectivity index (χ4n) is 2.23. The summed E-state index contributed by atoms with van der Waals surface area (Å²) in [4.78, 5) is 14.1. The Morgan fingerprint density at radius 3 is 2.89 bits per heavy atom. The number of carbonyl (C=O) groups excluding carboxylic acids is 1. The Bertz CT molecular complexity index is 410. The zero-order chi connectivity index (χ0) is 13.7. The van der Waals surface area contributed by atoms with Crippen molar-refractivity contribution < 1.29 is 9.53 Å². The Balaban J connectivity index is 1.79. The number of thioether (sulfide) groups is 1. The van der Waals surface area contributed by atoms with Crippen molar-refractivity contribution in [2.45, 2.75) is 31.2 Å². The van der Waals surface area contributed by atoms with Crippen molar-refractivity contribution in [3.63, 3.8) is 0 Å². The lowest BCUT2D eigenvalue weighted by molar-refractivity contribution is -0.147. The molecule has 4 heteroatoms. The van der Waals surface area contributed by atoms with Crippen molar-refractivity contribution >= 4 is 17.7 Å². The van der Waals surface area contributed by atoms with Gasteiger partial charge >= 0.3 is 5.97 Å². The second kappa shape index (κ2) is 6.96. The summed E-state index contributed by atoms with van der Waals surface area (Å²) in [5.74, 6) is -0.0842. The molecule has 1 fully saturated rings. The highest BCUT2D eigenvalue weighted by atomic mass is 32.2. The topological polar surface area (TPSA) is 29.5 Å².